The lowest BCUT2D eigenvalue weighted by atomic mass is 9.91. The number of nitrogens with zero attached hydrogens (tertiary/aromatic N) is 2. The standard InChI is InChI=1S/C13H27N3/c1-13(2,3)4-7-15-10-12(11-15)16-8-5-14-6-9-16/h12,14H,4-11H2,1-3H3. The predicted molar refractivity (Wildman–Crippen MR) is 68.7 cm³/mol. The van der Waals surface area contributed by atoms with Crippen molar-refractivity contribution in [2.45, 2.75) is 33.2 Å². The first-order valence-electron chi connectivity index (χ1n) is 6.72. The van der Waals surface area contributed by atoms with E-state index < -0.39 is 0 Å². The summed E-state index contributed by atoms with van der Waals surface area (Å²) in [6, 6.07) is 0.849. The molecule has 0 saturated carbocycles. The molecule has 2 aliphatic heterocycles. The Morgan fingerprint density at radius 2 is 1.75 bits per heavy atom. The Hall–Kier alpha value is -0.120. The highest BCUT2D eigenvalue weighted by atomic mass is 15.3. The summed E-state index contributed by atoms with van der Waals surface area (Å²) in [5.74, 6) is 0. The summed E-state index contributed by atoms with van der Waals surface area (Å²) in [6.45, 7) is 15.7. The van der Waals surface area contributed by atoms with E-state index in [9.17, 15) is 0 Å². The smallest absolute Gasteiger partial charge is 0.0351 e. The maximum absolute atomic E-state index is 3.42. The Bertz CT molecular complexity index is 210. The lowest BCUT2D eigenvalue weighted by molar-refractivity contribution is 0.0216. The fourth-order valence-corrected chi connectivity index (χ4v) is 2.50. The van der Waals surface area contributed by atoms with Crippen LogP contribution >= 0.6 is 0 Å². The van der Waals surface area contributed by atoms with Gasteiger partial charge in [-0.25, -0.2) is 0 Å². The van der Waals surface area contributed by atoms with Gasteiger partial charge in [-0.05, 0) is 18.4 Å². The molecule has 0 aliphatic carbocycles. The van der Waals surface area contributed by atoms with E-state index in [1.54, 1.807) is 0 Å². The topological polar surface area (TPSA) is 18.5 Å². The molecule has 16 heavy (non-hydrogen) atoms. The molecular formula is C13H27N3. The highest BCUT2D eigenvalue weighted by Crippen LogP contribution is 2.22. The van der Waals surface area contributed by atoms with Crippen molar-refractivity contribution in [1.29, 1.82) is 0 Å². The van der Waals surface area contributed by atoms with Crippen molar-refractivity contribution in [3.63, 3.8) is 0 Å². The molecule has 3 heteroatoms. The normalized spacial score (nSPS) is 25.7. The van der Waals surface area contributed by atoms with Crippen molar-refractivity contribution in [2.24, 2.45) is 5.41 Å². The molecule has 0 aromatic carbocycles. The third-order valence-corrected chi connectivity index (χ3v) is 3.78. The number of piperazine rings is 1. The second kappa shape index (κ2) is 5.03. The van der Waals surface area contributed by atoms with E-state index in [1.165, 1.54) is 52.2 Å². The second-order valence-electron chi connectivity index (χ2n) is 6.51. The van der Waals surface area contributed by atoms with Crippen molar-refractivity contribution >= 4 is 0 Å². The molecule has 0 aromatic heterocycles. The van der Waals surface area contributed by atoms with Crippen molar-refractivity contribution in [3.05, 3.63) is 0 Å². The van der Waals surface area contributed by atoms with Crippen LogP contribution in [0.1, 0.15) is 27.2 Å². The first-order valence-corrected chi connectivity index (χ1v) is 6.72. The molecule has 0 radical (unpaired) electrons. The number of nitrogens with one attached hydrogen (secondary N) is 1. The fraction of sp³-hybridized carbons (Fsp3) is 1.00. The quantitative estimate of drug-likeness (QED) is 0.773. The summed E-state index contributed by atoms with van der Waals surface area (Å²) in [5.41, 5.74) is 0.486. The van der Waals surface area contributed by atoms with E-state index in [0.29, 0.717) is 5.41 Å². The number of likely N-dealkylation sites (tertiary alicyclic amines) is 1. The van der Waals surface area contributed by atoms with Gasteiger partial charge < -0.3 is 10.2 Å². The minimum Gasteiger partial charge on any atom is -0.314 e. The molecular weight excluding hydrogens is 198 g/mol. The Kier molecular flexibility index (Phi) is 3.88. The SMILES string of the molecule is CC(C)(C)CCN1CC(N2CCNCC2)C1. The van der Waals surface area contributed by atoms with E-state index in [1.807, 2.05) is 0 Å². The summed E-state index contributed by atoms with van der Waals surface area (Å²) < 4.78 is 0. The molecule has 0 spiro atoms. The summed E-state index contributed by atoms with van der Waals surface area (Å²) in [7, 11) is 0. The first-order chi connectivity index (χ1) is 7.54. The van der Waals surface area contributed by atoms with Crippen LogP contribution in [0.25, 0.3) is 0 Å². The van der Waals surface area contributed by atoms with E-state index in [2.05, 4.69) is 35.9 Å². The fourth-order valence-electron chi connectivity index (χ4n) is 2.50. The third-order valence-electron chi connectivity index (χ3n) is 3.78. The minimum absolute atomic E-state index is 0.486. The van der Waals surface area contributed by atoms with Gasteiger partial charge in [0.15, 0.2) is 0 Å². The number of hydrogen-bond donors (Lipinski definition) is 1. The summed E-state index contributed by atoms with van der Waals surface area (Å²) in [4.78, 5) is 5.27. The number of hydrogen-bond acceptors (Lipinski definition) is 3. The maximum Gasteiger partial charge on any atom is 0.0351 e. The Labute approximate surface area is 100 Å². The molecule has 2 aliphatic rings. The van der Waals surface area contributed by atoms with Crippen LogP contribution in [0.15, 0.2) is 0 Å². The maximum atomic E-state index is 3.42. The van der Waals surface area contributed by atoms with E-state index in [0.717, 1.165) is 6.04 Å². The predicted octanol–water partition coefficient (Wildman–Crippen LogP) is 1.01. The molecule has 2 fully saturated rings. The average molecular weight is 225 g/mol. The van der Waals surface area contributed by atoms with Gasteiger partial charge in [0, 0.05) is 45.3 Å². The van der Waals surface area contributed by atoms with Crippen LogP contribution in [0.3, 0.4) is 0 Å². The minimum atomic E-state index is 0.486. The molecule has 0 bridgehead atoms. The van der Waals surface area contributed by atoms with Crippen LogP contribution < -0.4 is 5.32 Å². The molecule has 2 saturated heterocycles. The van der Waals surface area contributed by atoms with Crippen LogP contribution in [0.2, 0.25) is 0 Å². The van der Waals surface area contributed by atoms with Gasteiger partial charge in [-0.15, -0.1) is 0 Å². The summed E-state index contributed by atoms with van der Waals surface area (Å²) >= 11 is 0. The van der Waals surface area contributed by atoms with Gasteiger partial charge in [-0.3, -0.25) is 4.90 Å². The van der Waals surface area contributed by atoms with Crippen molar-refractivity contribution < 1.29 is 0 Å². The van der Waals surface area contributed by atoms with Crippen molar-refractivity contribution in [3.8, 4) is 0 Å². The van der Waals surface area contributed by atoms with Crippen LogP contribution in [-0.2, 0) is 0 Å². The third kappa shape index (κ3) is 3.44. The van der Waals surface area contributed by atoms with E-state index in [-0.39, 0.29) is 0 Å². The second-order valence-corrected chi connectivity index (χ2v) is 6.51. The molecule has 2 heterocycles. The van der Waals surface area contributed by atoms with E-state index >= 15 is 0 Å². The van der Waals surface area contributed by atoms with Crippen LogP contribution in [0.5, 0.6) is 0 Å². The zero-order valence-corrected chi connectivity index (χ0v) is 11.1. The van der Waals surface area contributed by atoms with E-state index in [4.69, 9.17) is 0 Å². The molecule has 0 unspecified atom stereocenters. The largest absolute Gasteiger partial charge is 0.314 e. The van der Waals surface area contributed by atoms with Crippen LogP contribution in [0, 0.1) is 5.41 Å². The zero-order chi connectivity index (χ0) is 11.6. The Morgan fingerprint density at radius 1 is 1.12 bits per heavy atom. The lowest BCUT2D eigenvalue weighted by Crippen LogP contribution is -2.62. The van der Waals surface area contributed by atoms with Gasteiger partial charge in [0.05, 0.1) is 0 Å². The molecule has 3 nitrogen and oxygen atoms in total. The molecule has 94 valence electrons. The number of rotatable bonds is 3. The molecule has 1 N–H and O–H groups in total. The molecule has 0 atom stereocenters. The average Bonchev–Trinajstić information content (AvgIpc) is 2.15. The van der Waals surface area contributed by atoms with Crippen LogP contribution in [0.4, 0.5) is 0 Å². The Balaban J connectivity index is 1.62. The van der Waals surface area contributed by atoms with Gasteiger partial charge in [-0.1, -0.05) is 20.8 Å². The van der Waals surface area contributed by atoms with Crippen LogP contribution in [-0.4, -0.2) is 61.7 Å². The summed E-state index contributed by atoms with van der Waals surface area (Å²) in [6.07, 6.45) is 1.32. The van der Waals surface area contributed by atoms with Crippen molar-refractivity contribution in [2.75, 3.05) is 45.8 Å². The molecule has 0 aromatic rings. The first kappa shape index (κ1) is 12.3. The van der Waals surface area contributed by atoms with Gasteiger partial charge in [0.2, 0.25) is 0 Å². The van der Waals surface area contributed by atoms with Gasteiger partial charge in [0.1, 0.15) is 0 Å². The van der Waals surface area contributed by atoms with Gasteiger partial charge in [0.25, 0.3) is 0 Å². The summed E-state index contributed by atoms with van der Waals surface area (Å²) in [5, 5.41) is 3.42. The monoisotopic (exact) mass is 225 g/mol. The van der Waals surface area contributed by atoms with Crippen molar-refractivity contribution in [1.82, 2.24) is 15.1 Å². The highest BCUT2D eigenvalue weighted by Gasteiger charge is 2.32. The Morgan fingerprint density at radius 3 is 2.31 bits per heavy atom. The highest BCUT2D eigenvalue weighted by molar-refractivity contribution is 4.90. The lowest BCUT2D eigenvalue weighted by Gasteiger charge is -2.47. The zero-order valence-electron chi connectivity index (χ0n) is 11.1. The molecule has 0 amide bonds. The molecule has 2 rings (SSSR count). The van der Waals surface area contributed by atoms with Gasteiger partial charge >= 0.3 is 0 Å². The van der Waals surface area contributed by atoms with Gasteiger partial charge in [-0.2, -0.15) is 0 Å².